The predicted octanol–water partition coefficient (Wildman–Crippen LogP) is 4.45. The summed E-state index contributed by atoms with van der Waals surface area (Å²) in [5.41, 5.74) is 1.74. The molecule has 0 bridgehead atoms. The second-order valence-electron chi connectivity index (χ2n) is 4.51. The average molecular weight is 302 g/mol. The maximum atomic E-state index is 12.0. The van der Waals surface area contributed by atoms with Gasteiger partial charge in [0.05, 0.1) is 4.92 Å². The Labute approximate surface area is 126 Å². The third-order valence-electron chi connectivity index (χ3n) is 2.99. The van der Waals surface area contributed by atoms with Crippen LogP contribution in [0.3, 0.4) is 0 Å². The average Bonchev–Trinajstić information content (AvgIpc) is 2.46. The maximum Gasteiger partial charge on any atom is 0.272 e. The van der Waals surface area contributed by atoms with Gasteiger partial charge in [-0.1, -0.05) is 29.8 Å². The van der Waals surface area contributed by atoms with Crippen LogP contribution < -0.4 is 0 Å². The van der Waals surface area contributed by atoms with E-state index in [1.807, 2.05) is 0 Å². The van der Waals surface area contributed by atoms with Gasteiger partial charge in [0.25, 0.3) is 5.69 Å². The fourth-order valence-electron chi connectivity index (χ4n) is 1.81. The highest BCUT2D eigenvalue weighted by molar-refractivity contribution is 6.30. The second kappa shape index (κ2) is 6.33. The van der Waals surface area contributed by atoms with Gasteiger partial charge in [0, 0.05) is 22.2 Å². The lowest BCUT2D eigenvalue weighted by atomic mass is 10.1. The van der Waals surface area contributed by atoms with E-state index in [2.05, 4.69) is 0 Å². The number of carbonyl (C=O) groups excluding carboxylic acids is 1. The molecular weight excluding hydrogens is 290 g/mol. The Balaban J connectivity index is 2.21. The summed E-state index contributed by atoms with van der Waals surface area (Å²) >= 11 is 5.76. The molecule has 0 aliphatic rings. The Bertz CT molecular complexity index is 721. The van der Waals surface area contributed by atoms with Crippen LogP contribution in [0.15, 0.2) is 48.5 Å². The van der Waals surface area contributed by atoms with E-state index < -0.39 is 4.92 Å². The van der Waals surface area contributed by atoms with Gasteiger partial charge in [-0.3, -0.25) is 14.9 Å². The minimum atomic E-state index is -0.437. The summed E-state index contributed by atoms with van der Waals surface area (Å²) in [6.45, 7) is 1.67. The van der Waals surface area contributed by atoms with Crippen molar-refractivity contribution in [3.63, 3.8) is 0 Å². The van der Waals surface area contributed by atoms with Crippen LogP contribution in [0.2, 0.25) is 5.02 Å². The molecule has 2 aromatic rings. The highest BCUT2D eigenvalue weighted by atomic mass is 35.5. The van der Waals surface area contributed by atoms with Crippen LogP contribution in [0.25, 0.3) is 6.08 Å². The van der Waals surface area contributed by atoms with E-state index in [0.29, 0.717) is 21.7 Å². The number of nitrogens with zero attached hydrogens (tertiary/aromatic N) is 1. The van der Waals surface area contributed by atoms with Gasteiger partial charge < -0.3 is 0 Å². The molecule has 0 radical (unpaired) electrons. The number of hydrogen-bond acceptors (Lipinski definition) is 3. The molecule has 0 heterocycles. The largest absolute Gasteiger partial charge is 0.289 e. The normalized spacial score (nSPS) is 10.8. The summed E-state index contributed by atoms with van der Waals surface area (Å²) in [7, 11) is 0. The highest BCUT2D eigenvalue weighted by Gasteiger charge is 2.10. The Kier molecular flexibility index (Phi) is 4.50. The molecule has 0 unspecified atom stereocenters. The number of nitro benzene ring substituents is 1. The first-order chi connectivity index (χ1) is 9.97. The zero-order valence-corrected chi connectivity index (χ0v) is 12.0. The first-order valence-corrected chi connectivity index (χ1v) is 6.58. The van der Waals surface area contributed by atoms with Crippen molar-refractivity contribution in [3.05, 3.63) is 80.4 Å². The van der Waals surface area contributed by atoms with Gasteiger partial charge in [0.1, 0.15) is 0 Å². The molecule has 0 N–H and O–H groups in total. The molecule has 21 heavy (non-hydrogen) atoms. The number of allylic oxidation sites excluding steroid dienone is 1. The lowest BCUT2D eigenvalue weighted by molar-refractivity contribution is -0.385. The number of benzene rings is 2. The smallest absolute Gasteiger partial charge is 0.272 e. The van der Waals surface area contributed by atoms with Crippen LogP contribution >= 0.6 is 11.6 Å². The summed E-state index contributed by atoms with van der Waals surface area (Å²) in [4.78, 5) is 22.4. The van der Waals surface area contributed by atoms with E-state index in [1.54, 1.807) is 49.4 Å². The van der Waals surface area contributed by atoms with Crippen molar-refractivity contribution in [2.24, 2.45) is 0 Å². The van der Waals surface area contributed by atoms with Gasteiger partial charge >= 0.3 is 0 Å². The van der Waals surface area contributed by atoms with Crippen molar-refractivity contribution in [2.75, 3.05) is 0 Å². The van der Waals surface area contributed by atoms with Gasteiger partial charge in [-0.25, -0.2) is 0 Å². The summed E-state index contributed by atoms with van der Waals surface area (Å²) in [5, 5.41) is 11.4. The summed E-state index contributed by atoms with van der Waals surface area (Å²) in [5.74, 6) is -0.185. The van der Waals surface area contributed by atoms with Crippen LogP contribution in [0.4, 0.5) is 5.69 Å². The lowest BCUT2D eigenvalue weighted by Gasteiger charge is -1.99. The molecule has 0 spiro atoms. The molecule has 106 valence electrons. The van der Waals surface area contributed by atoms with E-state index in [9.17, 15) is 14.9 Å². The maximum absolute atomic E-state index is 12.0. The number of ketones is 1. The van der Waals surface area contributed by atoms with Crippen molar-refractivity contribution in [1.82, 2.24) is 0 Å². The van der Waals surface area contributed by atoms with E-state index in [1.165, 1.54) is 12.1 Å². The van der Waals surface area contributed by atoms with E-state index in [0.717, 1.165) is 0 Å². The SMILES string of the molecule is Cc1ccc(/C=C/C(=O)c2ccc(Cl)cc2)cc1[N+](=O)[O-]. The third-order valence-corrected chi connectivity index (χ3v) is 3.24. The van der Waals surface area contributed by atoms with E-state index in [4.69, 9.17) is 11.6 Å². The molecule has 0 atom stereocenters. The molecule has 0 fully saturated rings. The molecule has 2 rings (SSSR count). The fraction of sp³-hybridized carbons (Fsp3) is 0.0625. The predicted molar refractivity (Wildman–Crippen MR) is 82.6 cm³/mol. The first kappa shape index (κ1) is 14.9. The lowest BCUT2D eigenvalue weighted by Crippen LogP contribution is -1.94. The second-order valence-corrected chi connectivity index (χ2v) is 4.94. The topological polar surface area (TPSA) is 60.2 Å². The fourth-order valence-corrected chi connectivity index (χ4v) is 1.94. The number of hydrogen-bond donors (Lipinski definition) is 0. The molecule has 0 aliphatic carbocycles. The van der Waals surface area contributed by atoms with Gasteiger partial charge in [0.15, 0.2) is 5.78 Å². The van der Waals surface area contributed by atoms with Crippen LogP contribution in [0, 0.1) is 17.0 Å². The summed E-state index contributed by atoms with van der Waals surface area (Å²) < 4.78 is 0. The van der Waals surface area contributed by atoms with Gasteiger partial charge in [-0.2, -0.15) is 0 Å². The quantitative estimate of drug-likeness (QED) is 0.363. The van der Waals surface area contributed by atoms with E-state index >= 15 is 0 Å². The monoisotopic (exact) mass is 301 g/mol. The minimum Gasteiger partial charge on any atom is -0.289 e. The molecule has 4 nitrogen and oxygen atoms in total. The number of nitro groups is 1. The first-order valence-electron chi connectivity index (χ1n) is 6.20. The Hall–Kier alpha value is -2.46. The standard InChI is InChI=1S/C16H12ClNO3/c1-11-2-3-12(10-15(11)18(20)21)4-9-16(19)13-5-7-14(17)8-6-13/h2-10H,1H3/b9-4+. The molecule has 5 heteroatoms. The number of rotatable bonds is 4. The third kappa shape index (κ3) is 3.77. The molecule has 2 aromatic carbocycles. The van der Waals surface area contributed by atoms with Crippen molar-refractivity contribution in [3.8, 4) is 0 Å². The Morgan fingerprint density at radius 2 is 1.86 bits per heavy atom. The Morgan fingerprint density at radius 1 is 1.19 bits per heavy atom. The van der Waals surface area contributed by atoms with Crippen molar-refractivity contribution >= 4 is 29.1 Å². The van der Waals surface area contributed by atoms with Gasteiger partial charge in [-0.15, -0.1) is 0 Å². The van der Waals surface area contributed by atoms with Crippen molar-refractivity contribution < 1.29 is 9.72 Å². The number of carbonyl (C=O) groups is 1. The Morgan fingerprint density at radius 3 is 2.48 bits per heavy atom. The zero-order valence-electron chi connectivity index (χ0n) is 11.2. The number of halogens is 1. The number of aryl methyl sites for hydroxylation is 1. The van der Waals surface area contributed by atoms with Crippen LogP contribution in [-0.2, 0) is 0 Å². The highest BCUT2D eigenvalue weighted by Crippen LogP contribution is 2.20. The molecule has 0 amide bonds. The summed E-state index contributed by atoms with van der Waals surface area (Å²) in [6.07, 6.45) is 2.95. The molecule has 0 saturated heterocycles. The zero-order chi connectivity index (χ0) is 15.4. The van der Waals surface area contributed by atoms with Crippen molar-refractivity contribution in [1.29, 1.82) is 0 Å². The molecule has 0 aliphatic heterocycles. The van der Waals surface area contributed by atoms with Crippen LogP contribution in [0.5, 0.6) is 0 Å². The van der Waals surface area contributed by atoms with Crippen LogP contribution in [0.1, 0.15) is 21.5 Å². The van der Waals surface area contributed by atoms with E-state index in [-0.39, 0.29) is 11.5 Å². The molecular formula is C16H12ClNO3. The van der Waals surface area contributed by atoms with Gasteiger partial charge in [-0.05, 0) is 42.8 Å². The molecule has 0 saturated carbocycles. The van der Waals surface area contributed by atoms with Crippen LogP contribution in [-0.4, -0.2) is 10.7 Å². The van der Waals surface area contributed by atoms with Crippen molar-refractivity contribution in [2.45, 2.75) is 6.92 Å². The van der Waals surface area contributed by atoms with Gasteiger partial charge in [0.2, 0.25) is 0 Å². The minimum absolute atomic E-state index is 0.0380. The summed E-state index contributed by atoms with van der Waals surface area (Å²) in [6, 6.07) is 11.4. The molecule has 0 aromatic heterocycles.